The molecule has 4 rings (SSSR count). The Balaban J connectivity index is 1.79. The lowest BCUT2D eigenvalue weighted by molar-refractivity contribution is -0.116. The average Bonchev–Trinajstić information content (AvgIpc) is 3.07. The summed E-state index contributed by atoms with van der Waals surface area (Å²) in [5.74, 6) is 0.842. The van der Waals surface area contributed by atoms with Gasteiger partial charge in [0.2, 0.25) is 5.91 Å². The molecule has 1 atom stereocenters. The summed E-state index contributed by atoms with van der Waals surface area (Å²) in [6, 6.07) is 12.5. The molecule has 7 heteroatoms. The minimum atomic E-state index is -0.179. The zero-order valence-corrected chi connectivity index (χ0v) is 15.4. The zero-order valence-electron chi connectivity index (χ0n) is 14.6. The van der Waals surface area contributed by atoms with Crippen LogP contribution in [-0.4, -0.2) is 27.4 Å². The number of aromatic hydroxyl groups is 1. The van der Waals surface area contributed by atoms with E-state index in [1.807, 2.05) is 25.1 Å². The number of hydrogen-bond donors (Lipinski definition) is 2. The largest absolute Gasteiger partial charge is 0.504 e. The van der Waals surface area contributed by atoms with Crippen molar-refractivity contribution in [3.63, 3.8) is 0 Å². The van der Waals surface area contributed by atoms with Crippen LogP contribution in [0.4, 0.5) is 5.82 Å². The number of phenols is 1. The van der Waals surface area contributed by atoms with E-state index in [1.54, 1.807) is 35.1 Å². The molecular formula is C20H18ClN3O3. The Kier molecular flexibility index (Phi) is 4.49. The number of anilines is 1. The molecule has 1 aromatic heterocycles. The van der Waals surface area contributed by atoms with E-state index in [4.69, 9.17) is 16.3 Å². The number of carbonyl (C=O) groups is 1. The van der Waals surface area contributed by atoms with Crippen LogP contribution in [0.2, 0.25) is 5.02 Å². The van der Waals surface area contributed by atoms with Crippen LogP contribution in [0.1, 0.15) is 30.4 Å². The summed E-state index contributed by atoms with van der Waals surface area (Å²) in [6.45, 7) is 2.30. The second-order valence-corrected chi connectivity index (χ2v) is 6.74. The minimum Gasteiger partial charge on any atom is -0.504 e. The van der Waals surface area contributed by atoms with Gasteiger partial charge in [0, 0.05) is 22.9 Å². The summed E-state index contributed by atoms with van der Waals surface area (Å²) in [7, 11) is 0. The van der Waals surface area contributed by atoms with Gasteiger partial charge in [-0.3, -0.25) is 4.79 Å². The highest BCUT2D eigenvalue weighted by Crippen LogP contribution is 2.40. The van der Waals surface area contributed by atoms with Gasteiger partial charge in [-0.05, 0) is 42.8 Å². The van der Waals surface area contributed by atoms with Gasteiger partial charge < -0.3 is 15.2 Å². The molecule has 0 fully saturated rings. The predicted molar refractivity (Wildman–Crippen MR) is 103 cm³/mol. The first-order valence-corrected chi connectivity index (χ1v) is 9.04. The van der Waals surface area contributed by atoms with Crippen LogP contribution in [0.15, 0.2) is 48.7 Å². The lowest BCUT2D eigenvalue weighted by Gasteiger charge is -2.24. The van der Waals surface area contributed by atoms with Gasteiger partial charge in [0.1, 0.15) is 5.82 Å². The number of rotatable bonds is 4. The Morgan fingerprint density at radius 3 is 2.96 bits per heavy atom. The fourth-order valence-electron chi connectivity index (χ4n) is 3.34. The van der Waals surface area contributed by atoms with Crippen LogP contribution < -0.4 is 10.1 Å². The summed E-state index contributed by atoms with van der Waals surface area (Å²) in [6.07, 6.45) is 2.05. The Labute approximate surface area is 161 Å². The van der Waals surface area contributed by atoms with Gasteiger partial charge in [-0.25, -0.2) is 4.68 Å². The third kappa shape index (κ3) is 3.24. The summed E-state index contributed by atoms with van der Waals surface area (Å²) in [5.41, 5.74) is 2.56. The molecule has 1 aliphatic heterocycles. The van der Waals surface area contributed by atoms with E-state index in [-0.39, 0.29) is 17.6 Å². The second kappa shape index (κ2) is 6.96. The number of benzene rings is 2. The molecule has 1 aliphatic rings. The molecule has 2 N–H and O–H groups in total. The predicted octanol–water partition coefficient (Wildman–Crippen LogP) is 4.10. The van der Waals surface area contributed by atoms with Gasteiger partial charge in [-0.15, -0.1) is 0 Å². The number of phenolic OH excluding ortho intramolecular Hbond substituents is 1. The molecule has 3 aromatic rings. The standard InChI is InChI=1S/C20H18ClN3O3/c1-2-27-18-8-12(6-7-17(18)25)15-10-19(26)23-20-16(15)11-22-24(20)14-5-3-4-13(21)9-14/h3-9,11,15,25H,2,10H2,1H3,(H,23,26)/t15-/m1/s1. The first kappa shape index (κ1) is 17.4. The maximum Gasteiger partial charge on any atom is 0.226 e. The number of aromatic nitrogens is 2. The number of carbonyl (C=O) groups excluding carboxylic acids is 1. The van der Waals surface area contributed by atoms with Gasteiger partial charge in [-0.1, -0.05) is 23.7 Å². The van der Waals surface area contributed by atoms with Gasteiger partial charge in [0.05, 0.1) is 18.5 Å². The molecule has 0 saturated heterocycles. The van der Waals surface area contributed by atoms with Crippen LogP contribution in [0.25, 0.3) is 5.69 Å². The number of fused-ring (bicyclic) bond motifs is 1. The summed E-state index contributed by atoms with van der Waals surface area (Å²) < 4.78 is 7.16. The number of amides is 1. The first-order chi connectivity index (χ1) is 13.1. The van der Waals surface area contributed by atoms with Crippen molar-refractivity contribution in [3.05, 3.63) is 64.8 Å². The third-order valence-electron chi connectivity index (χ3n) is 4.56. The molecule has 0 spiro atoms. The number of nitrogens with zero attached hydrogens (tertiary/aromatic N) is 2. The van der Waals surface area contributed by atoms with Crippen LogP contribution in [0.3, 0.4) is 0 Å². The fourth-order valence-corrected chi connectivity index (χ4v) is 3.52. The zero-order chi connectivity index (χ0) is 19.0. The molecule has 27 heavy (non-hydrogen) atoms. The lowest BCUT2D eigenvalue weighted by atomic mass is 9.87. The number of ether oxygens (including phenoxy) is 1. The van der Waals surface area contributed by atoms with Gasteiger partial charge in [0.15, 0.2) is 11.5 Å². The van der Waals surface area contributed by atoms with Gasteiger partial charge in [-0.2, -0.15) is 5.10 Å². The molecule has 0 saturated carbocycles. The van der Waals surface area contributed by atoms with E-state index >= 15 is 0 Å². The highest BCUT2D eigenvalue weighted by molar-refractivity contribution is 6.30. The van der Waals surface area contributed by atoms with E-state index in [0.29, 0.717) is 29.6 Å². The molecular weight excluding hydrogens is 366 g/mol. The quantitative estimate of drug-likeness (QED) is 0.711. The van der Waals surface area contributed by atoms with E-state index in [2.05, 4.69) is 10.4 Å². The van der Waals surface area contributed by atoms with Crippen molar-refractivity contribution in [2.75, 3.05) is 11.9 Å². The first-order valence-electron chi connectivity index (χ1n) is 8.66. The molecule has 0 radical (unpaired) electrons. The Morgan fingerprint density at radius 1 is 1.33 bits per heavy atom. The van der Waals surface area contributed by atoms with Crippen LogP contribution in [0, 0.1) is 0 Å². The van der Waals surface area contributed by atoms with Gasteiger partial charge >= 0.3 is 0 Å². The normalized spacial score (nSPS) is 15.9. The summed E-state index contributed by atoms with van der Waals surface area (Å²) >= 11 is 6.09. The van der Waals surface area contributed by atoms with E-state index in [1.165, 1.54) is 0 Å². The smallest absolute Gasteiger partial charge is 0.226 e. The fraction of sp³-hybridized carbons (Fsp3) is 0.200. The summed E-state index contributed by atoms with van der Waals surface area (Å²) in [4.78, 5) is 12.4. The maximum atomic E-state index is 12.4. The van der Waals surface area contributed by atoms with Crippen molar-refractivity contribution in [2.24, 2.45) is 0 Å². The third-order valence-corrected chi connectivity index (χ3v) is 4.79. The number of hydrogen-bond acceptors (Lipinski definition) is 4. The Bertz CT molecular complexity index is 1020. The van der Waals surface area contributed by atoms with Crippen LogP contribution in [0.5, 0.6) is 11.5 Å². The average molecular weight is 384 g/mol. The topological polar surface area (TPSA) is 76.4 Å². The van der Waals surface area contributed by atoms with E-state index in [0.717, 1.165) is 16.8 Å². The lowest BCUT2D eigenvalue weighted by Crippen LogP contribution is -2.24. The highest BCUT2D eigenvalue weighted by atomic mass is 35.5. The van der Waals surface area contributed by atoms with Crippen LogP contribution in [-0.2, 0) is 4.79 Å². The molecule has 1 amide bonds. The molecule has 2 aromatic carbocycles. The highest BCUT2D eigenvalue weighted by Gasteiger charge is 2.31. The molecule has 2 heterocycles. The Morgan fingerprint density at radius 2 is 2.19 bits per heavy atom. The Hall–Kier alpha value is -2.99. The van der Waals surface area contributed by atoms with Crippen molar-refractivity contribution in [1.82, 2.24) is 9.78 Å². The molecule has 6 nitrogen and oxygen atoms in total. The number of nitrogens with one attached hydrogen (secondary N) is 1. The van der Waals surface area contributed by atoms with E-state index in [9.17, 15) is 9.90 Å². The van der Waals surface area contributed by atoms with Crippen molar-refractivity contribution >= 4 is 23.3 Å². The van der Waals surface area contributed by atoms with Crippen molar-refractivity contribution in [1.29, 1.82) is 0 Å². The molecule has 0 aliphatic carbocycles. The molecule has 138 valence electrons. The van der Waals surface area contributed by atoms with Crippen LogP contribution >= 0.6 is 11.6 Å². The van der Waals surface area contributed by atoms with E-state index < -0.39 is 0 Å². The number of halogens is 1. The molecule has 0 unspecified atom stereocenters. The SMILES string of the molecule is CCOc1cc([C@H]2CC(=O)Nc3c2cnn3-c2cccc(Cl)c2)ccc1O. The summed E-state index contributed by atoms with van der Waals surface area (Å²) in [5, 5.41) is 17.9. The molecule has 0 bridgehead atoms. The van der Waals surface area contributed by atoms with Gasteiger partial charge in [0.25, 0.3) is 0 Å². The minimum absolute atomic E-state index is 0.0794. The second-order valence-electron chi connectivity index (χ2n) is 6.31. The van der Waals surface area contributed by atoms with Crippen molar-refractivity contribution < 1.29 is 14.6 Å². The van der Waals surface area contributed by atoms with Crippen molar-refractivity contribution in [3.8, 4) is 17.2 Å². The van der Waals surface area contributed by atoms with Crippen molar-refractivity contribution in [2.45, 2.75) is 19.3 Å². The monoisotopic (exact) mass is 383 g/mol. The maximum absolute atomic E-state index is 12.4.